The number of hydrogen-bond donors (Lipinski definition) is 1. The SMILES string of the molecule is CCC(=O)N[C@@H]1CCCN(c2ncnc3ccc(F)cc23)C1. The van der Waals surface area contributed by atoms with Crippen LogP contribution in [0.1, 0.15) is 26.2 Å². The van der Waals surface area contributed by atoms with Gasteiger partial charge in [0.05, 0.1) is 5.52 Å². The highest BCUT2D eigenvalue weighted by molar-refractivity contribution is 5.89. The van der Waals surface area contributed by atoms with Gasteiger partial charge < -0.3 is 10.2 Å². The first kappa shape index (κ1) is 14.7. The number of carbonyl (C=O) groups is 1. The Morgan fingerprint density at radius 2 is 2.32 bits per heavy atom. The van der Waals surface area contributed by atoms with E-state index in [2.05, 4.69) is 20.2 Å². The number of anilines is 1. The van der Waals surface area contributed by atoms with Crippen LogP contribution in [0, 0.1) is 5.82 Å². The molecule has 1 saturated heterocycles. The lowest BCUT2D eigenvalue weighted by atomic mass is 10.0. The molecule has 1 aromatic heterocycles. The summed E-state index contributed by atoms with van der Waals surface area (Å²) >= 11 is 0. The van der Waals surface area contributed by atoms with Crippen LogP contribution >= 0.6 is 0 Å². The third-order valence-corrected chi connectivity index (χ3v) is 3.98. The average Bonchev–Trinajstić information content (AvgIpc) is 2.54. The largest absolute Gasteiger partial charge is 0.354 e. The number of piperidine rings is 1. The topological polar surface area (TPSA) is 58.1 Å². The molecule has 1 aliphatic rings. The first-order chi connectivity index (χ1) is 10.7. The van der Waals surface area contributed by atoms with Crippen LogP contribution in [0.2, 0.25) is 0 Å². The molecule has 1 aromatic carbocycles. The second-order valence-electron chi connectivity index (χ2n) is 5.56. The number of nitrogens with zero attached hydrogens (tertiary/aromatic N) is 3. The summed E-state index contributed by atoms with van der Waals surface area (Å²) < 4.78 is 13.5. The molecular formula is C16H19FN4O. The number of rotatable bonds is 3. The van der Waals surface area contributed by atoms with Crippen LogP contribution in [0.4, 0.5) is 10.2 Å². The molecule has 0 spiro atoms. The number of fused-ring (bicyclic) bond motifs is 1. The molecule has 22 heavy (non-hydrogen) atoms. The van der Waals surface area contributed by atoms with E-state index < -0.39 is 0 Å². The van der Waals surface area contributed by atoms with Crippen molar-refractivity contribution in [3.63, 3.8) is 0 Å². The van der Waals surface area contributed by atoms with E-state index in [4.69, 9.17) is 0 Å². The molecule has 0 radical (unpaired) electrons. The van der Waals surface area contributed by atoms with Crippen molar-refractivity contribution in [1.82, 2.24) is 15.3 Å². The van der Waals surface area contributed by atoms with Gasteiger partial charge in [-0.2, -0.15) is 0 Å². The second-order valence-corrected chi connectivity index (χ2v) is 5.56. The van der Waals surface area contributed by atoms with Crippen LogP contribution in [0.5, 0.6) is 0 Å². The normalized spacial score (nSPS) is 18.5. The summed E-state index contributed by atoms with van der Waals surface area (Å²) in [5.74, 6) is 0.502. The third kappa shape index (κ3) is 3.00. The minimum Gasteiger partial charge on any atom is -0.354 e. The standard InChI is InChI=1S/C16H19FN4O/c1-2-15(22)20-12-4-3-7-21(9-12)16-13-8-11(17)5-6-14(13)18-10-19-16/h5-6,8,10,12H,2-4,7,9H2,1H3,(H,20,22)/t12-/m1/s1. The number of carbonyl (C=O) groups excluding carboxylic acids is 1. The maximum absolute atomic E-state index is 13.5. The van der Waals surface area contributed by atoms with Gasteiger partial charge in [0.25, 0.3) is 0 Å². The van der Waals surface area contributed by atoms with Crippen LogP contribution in [-0.2, 0) is 4.79 Å². The minimum atomic E-state index is -0.295. The first-order valence-electron chi connectivity index (χ1n) is 7.62. The Bertz CT molecular complexity index is 691. The third-order valence-electron chi connectivity index (χ3n) is 3.98. The van der Waals surface area contributed by atoms with Gasteiger partial charge in [0.1, 0.15) is 18.0 Å². The maximum atomic E-state index is 13.5. The predicted octanol–water partition coefficient (Wildman–Crippen LogP) is 2.26. The van der Waals surface area contributed by atoms with E-state index >= 15 is 0 Å². The van der Waals surface area contributed by atoms with Crippen molar-refractivity contribution in [1.29, 1.82) is 0 Å². The molecule has 0 aliphatic carbocycles. The Kier molecular flexibility index (Phi) is 4.18. The van der Waals surface area contributed by atoms with E-state index in [1.807, 2.05) is 6.92 Å². The van der Waals surface area contributed by atoms with Crippen molar-refractivity contribution in [2.24, 2.45) is 0 Å². The Labute approximate surface area is 128 Å². The molecular weight excluding hydrogens is 283 g/mol. The lowest BCUT2D eigenvalue weighted by Crippen LogP contribution is -2.48. The summed E-state index contributed by atoms with van der Waals surface area (Å²) in [5, 5.41) is 3.74. The van der Waals surface area contributed by atoms with Gasteiger partial charge >= 0.3 is 0 Å². The number of nitrogens with one attached hydrogen (secondary N) is 1. The Hall–Kier alpha value is -2.24. The molecule has 1 fully saturated rings. The fourth-order valence-corrected chi connectivity index (χ4v) is 2.88. The highest BCUT2D eigenvalue weighted by atomic mass is 19.1. The van der Waals surface area contributed by atoms with Crippen molar-refractivity contribution in [2.45, 2.75) is 32.2 Å². The van der Waals surface area contributed by atoms with E-state index in [1.165, 1.54) is 18.5 Å². The molecule has 0 unspecified atom stereocenters. The Balaban J connectivity index is 1.87. The minimum absolute atomic E-state index is 0.0606. The van der Waals surface area contributed by atoms with E-state index in [0.29, 0.717) is 18.4 Å². The van der Waals surface area contributed by atoms with Crippen LogP contribution in [0.15, 0.2) is 24.5 Å². The van der Waals surface area contributed by atoms with E-state index in [9.17, 15) is 9.18 Å². The number of amides is 1. The summed E-state index contributed by atoms with van der Waals surface area (Å²) in [7, 11) is 0. The van der Waals surface area contributed by atoms with Gasteiger partial charge in [-0.1, -0.05) is 6.92 Å². The van der Waals surface area contributed by atoms with Gasteiger partial charge in [-0.25, -0.2) is 14.4 Å². The van der Waals surface area contributed by atoms with E-state index in [0.717, 1.165) is 30.7 Å². The van der Waals surface area contributed by atoms with E-state index in [1.54, 1.807) is 6.07 Å². The zero-order chi connectivity index (χ0) is 15.5. The molecule has 5 nitrogen and oxygen atoms in total. The summed E-state index contributed by atoms with van der Waals surface area (Å²) in [6.07, 6.45) is 3.91. The van der Waals surface area contributed by atoms with Crippen molar-refractivity contribution in [2.75, 3.05) is 18.0 Å². The monoisotopic (exact) mass is 302 g/mol. The summed E-state index contributed by atoms with van der Waals surface area (Å²) in [6.45, 7) is 3.38. The molecule has 2 heterocycles. The molecule has 0 bridgehead atoms. The van der Waals surface area contributed by atoms with Gasteiger partial charge in [0, 0.05) is 30.9 Å². The Morgan fingerprint density at radius 1 is 1.45 bits per heavy atom. The van der Waals surface area contributed by atoms with E-state index in [-0.39, 0.29) is 17.8 Å². The van der Waals surface area contributed by atoms with Crippen molar-refractivity contribution in [3.8, 4) is 0 Å². The zero-order valence-corrected chi connectivity index (χ0v) is 12.6. The number of hydrogen-bond acceptors (Lipinski definition) is 4. The first-order valence-corrected chi connectivity index (χ1v) is 7.62. The molecule has 0 saturated carbocycles. The predicted molar refractivity (Wildman–Crippen MR) is 83.2 cm³/mol. The fourth-order valence-electron chi connectivity index (χ4n) is 2.88. The smallest absolute Gasteiger partial charge is 0.219 e. The zero-order valence-electron chi connectivity index (χ0n) is 12.6. The maximum Gasteiger partial charge on any atom is 0.219 e. The summed E-state index contributed by atoms with van der Waals surface area (Å²) in [5.41, 5.74) is 0.728. The lowest BCUT2D eigenvalue weighted by molar-refractivity contribution is -0.121. The molecule has 1 amide bonds. The van der Waals surface area contributed by atoms with Gasteiger partial charge in [0.2, 0.25) is 5.91 Å². The lowest BCUT2D eigenvalue weighted by Gasteiger charge is -2.34. The average molecular weight is 302 g/mol. The van der Waals surface area contributed by atoms with Gasteiger partial charge in [0.15, 0.2) is 0 Å². The molecule has 116 valence electrons. The number of benzene rings is 1. The molecule has 2 aromatic rings. The number of halogens is 1. The van der Waals surface area contributed by atoms with Gasteiger partial charge in [-0.3, -0.25) is 4.79 Å². The van der Waals surface area contributed by atoms with Gasteiger partial charge in [-0.15, -0.1) is 0 Å². The summed E-state index contributed by atoms with van der Waals surface area (Å²) in [6, 6.07) is 4.65. The van der Waals surface area contributed by atoms with Crippen molar-refractivity contribution < 1.29 is 9.18 Å². The van der Waals surface area contributed by atoms with Crippen LogP contribution in [0.3, 0.4) is 0 Å². The quantitative estimate of drug-likeness (QED) is 0.945. The number of aromatic nitrogens is 2. The molecule has 1 aliphatic heterocycles. The Morgan fingerprint density at radius 3 is 3.14 bits per heavy atom. The van der Waals surface area contributed by atoms with Crippen LogP contribution < -0.4 is 10.2 Å². The molecule has 1 N–H and O–H groups in total. The van der Waals surface area contributed by atoms with Crippen LogP contribution in [0.25, 0.3) is 10.9 Å². The van der Waals surface area contributed by atoms with Crippen molar-refractivity contribution >= 4 is 22.6 Å². The van der Waals surface area contributed by atoms with Crippen LogP contribution in [-0.4, -0.2) is 35.0 Å². The van der Waals surface area contributed by atoms with Crippen molar-refractivity contribution in [3.05, 3.63) is 30.3 Å². The van der Waals surface area contributed by atoms with Gasteiger partial charge in [-0.05, 0) is 31.0 Å². The summed E-state index contributed by atoms with van der Waals surface area (Å²) in [4.78, 5) is 22.2. The highest BCUT2D eigenvalue weighted by Gasteiger charge is 2.23. The fraction of sp³-hybridized carbons (Fsp3) is 0.438. The molecule has 6 heteroatoms. The highest BCUT2D eigenvalue weighted by Crippen LogP contribution is 2.26. The molecule has 3 rings (SSSR count). The second kappa shape index (κ2) is 6.25. The molecule has 1 atom stereocenters.